The SMILES string of the molecule is CC(=O)NCc1ccc(C(O)c2ccccc2F)cc1. The molecule has 2 N–H and O–H groups in total. The maximum absolute atomic E-state index is 13.6. The molecule has 0 fully saturated rings. The van der Waals surface area contributed by atoms with E-state index in [9.17, 15) is 14.3 Å². The first-order valence-corrected chi connectivity index (χ1v) is 6.33. The Balaban J connectivity index is 2.13. The summed E-state index contributed by atoms with van der Waals surface area (Å²) in [5.41, 5.74) is 1.79. The minimum Gasteiger partial charge on any atom is -0.384 e. The van der Waals surface area contributed by atoms with Gasteiger partial charge in [-0.05, 0) is 17.2 Å². The fourth-order valence-corrected chi connectivity index (χ4v) is 1.92. The van der Waals surface area contributed by atoms with Crippen LogP contribution in [0.3, 0.4) is 0 Å². The van der Waals surface area contributed by atoms with Crippen LogP contribution in [0.2, 0.25) is 0 Å². The van der Waals surface area contributed by atoms with Gasteiger partial charge in [-0.3, -0.25) is 4.79 Å². The lowest BCUT2D eigenvalue weighted by atomic mass is 10.00. The van der Waals surface area contributed by atoms with Gasteiger partial charge in [-0.1, -0.05) is 42.5 Å². The number of nitrogens with one attached hydrogen (secondary N) is 1. The Labute approximate surface area is 117 Å². The zero-order valence-corrected chi connectivity index (χ0v) is 11.1. The molecule has 1 atom stereocenters. The zero-order valence-electron chi connectivity index (χ0n) is 11.1. The average molecular weight is 273 g/mol. The zero-order chi connectivity index (χ0) is 14.5. The van der Waals surface area contributed by atoms with Crippen LogP contribution in [-0.4, -0.2) is 11.0 Å². The molecule has 2 rings (SSSR count). The molecule has 0 spiro atoms. The highest BCUT2D eigenvalue weighted by molar-refractivity contribution is 5.72. The highest BCUT2D eigenvalue weighted by Gasteiger charge is 2.14. The molecule has 0 aliphatic rings. The molecule has 4 heteroatoms. The van der Waals surface area contributed by atoms with Crippen molar-refractivity contribution < 1.29 is 14.3 Å². The average Bonchev–Trinajstić information content (AvgIpc) is 2.45. The number of benzene rings is 2. The second-order valence-corrected chi connectivity index (χ2v) is 4.58. The van der Waals surface area contributed by atoms with Gasteiger partial charge in [0.2, 0.25) is 5.91 Å². The predicted octanol–water partition coefficient (Wildman–Crippen LogP) is 2.54. The van der Waals surface area contributed by atoms with Crippen LogP contribution >= 0.6 is 0 Å². The molecule has 0 aliphatic heterocycles. The Morgan fingerprint density at radius 2 is 1.85 bits per heavy atom. The van der Waals surface area contributed by atoms with Gasteiger partial charge in [-0.15, -0.1) is 0 Å². The van der Waals surface area contributed by atoms with Crippen LogP contribution in [0.25, 0.3) is 0 Å². The van der Waals surface area contributed by atoms with Gasteiger partial charge in [0.1, 0.15) is 11.9 Å². The summed E-state index contributed by atoms with van der Waals surface area (Å²) >= 11 is 0. The van der Waals surface area contributed by atoms with E-state index in [0.717, 1.165) is 5.56 Å². The van der Waals surface area contributed by atoms with Crippen LogP contribution in [0, 0.1) is 5.82 Å². The van der Waals surface area contributed by atoms with Gasteiger partial charge in [-0.2, -0.15) is 0 Å². The Morgan fingerprint density at radius 1 is 1.20 bits per heavy atom. The quantitative estimate of drug-likeness (QED) is 0.899. The van der Waals surface area contributed by atoms with Crippen LogP contribution in [0.4, 0.5) is 4.39 Å². The van der Waals surface area contributed by atoms with E-state index in [1.54, 1.807) is 42.5 Å². The third-order valence-electron chi connectivity index (χ3n) is 3.04. The lowest BCUT2D eigenvalue weighted by Crippen LogP contribution is -2.18. The lowest BCUT2D eigenvalue weighted by molar-refractivity contribution is -0.119. The van der Waals surface area contributed by atoms with Crippen molar-refractivity contribution in [1.29, 1.82) is 0 Å². The van der Waals surface area contributed by atoms with Gasteiger partial charge >= 0.3 is 0 Å². The molecule has 0 aliphatic carbocycles. The summed E-state index contributed by atoms with van der Waals surface area (Å²) in [6.07, 6.45) is -0.994. The third kappa shape index (κ3) is 3.42. The summed E-state index contributed by atoms with van der Waals surface area (Å²) in [6, 6.07) is 13.2. The first-order chi connectivity index (χ1) is 9.58. The van der Waals surface area contributed by atoms with E-state index in [1.165, 1.54) is 13.0 Å². The maximum Gasteiger partial charge on any atom is 0.217 e. The highest BCUT2D eigenvalue weighted by atomic mass is 19.1. The molecule has 2 aromatic carbocycles. The smallest absolute Gasteiger partial charge is 0.217 e. The number of amides is 1. The Morgan fingerprint density at radius 3 is 2.45 bits per heavy atom. The van der Waals surface area contributed by atoms with E-state index in [-0.39, 0.29) is 11.5 Å². The number of halogens is 1. The molecule has 104 valence electrons. The number of aliphatic hydroxyl groups is 1. The molecule has 20 heavy (non-hydrogen) atoms. The summed E-state index contributed by atoms with van der Waals surface area (Å²) in [6.45, 7) is 1.89. The molecule has 0 heterocycles. The monoisotopic (exact) mass is 273 g/mol. The Bertz CT molecular complexity index is 596. The molecule has 0 saturated heterocycles. The van der Waals surface area contributed by atoms with Gasteiger partial charge < -0.3 is 10.4 Å². The van der Waals surface area contributed by atoms with E-state index in [1.807, 2.05) is 0 Å². The van der Waals surface area contributed by atoms with Crippen molar-refractivity contribution in [3.63, 3.8) is 0 Å². The number of aliphatic hydroxyl groups excluding tert-OH is 1. The fourth-order valence-electron chi connectivity index (χ4n) is 1.92. The summed E-state index contributed by atoms with van der Waals surface area (Å²) in [5, 5.41) is 12.9. The van der Waals surface area contributed by atoms with E-state index < -0.39 is 11.9 Å². The van der Waals surface area contributed by atoms with Crippen molar-refractivity contribution in [3.8, 4) is 0 Å². The molecule has 1 amide bonds. The van der Waals surface area contributed by atoms with Crippen LogP contribution in [-0.2, 0) is 11.3 Å². The van der Waals surface area contributed by atoms with Crippen molar-refractivity contribution in [2.45, 2.75) is 19.6 Å². The molecule has 3 nitrogen and oxygen atoms in total. The Kier molecular flexibility index (Phi) is 4.48. The van der Waals surface area contributed by atoms with Crippen LogP contribution in [0.1, 0.15) is 29.7 Å². The van der Waals surface area contributed by atoms with E-state index in [0.29, 0.717) is 12.1 Å². The molecule has 0 radical (unpaired) electrons. The van der Waals surface area contributed by atoms with Crippen LogP contribution < -0.4 is 5.32 Å². The number of carbonyl (C=O) groups excluding carboxylic acids is 1. The summed E-state index contributed by atoms with van der Waals surface area (Å²) < 4.78 is 13.6. The first kappa shape index (κ1) is 14.2. The predicted molar refractivity (Wildman–Crippen MR) is 74.4 cm³/mol. The van der Waals surface area contributed by atoms with Gasteiger partial charge in [0.05, 0.1) is 0 Å². The Hall–Kier alpha value is -2.20. The van der Waals surface area contributed by atoms with Gasteiger partial charge in [0.15, 0.2) is 0 Å². The van der Waals surface area contributed by atoms with Crippen molar-refractivity contribution in [3.05, 3.63) is 71.0 Å². The van der Waals surface area contributed by atoms with Crippen LogP contribution in [0.5, 0.6) is 0 Å². The largest absolute Gasteiger partial charge is 0.384 e. The molecular weight excluding hydrogens is 257 g/mol. The second-order valence-electron chi connectivity index (χ2n) is 4.58. The minimum absolute atomic E-state index is 0.0968. The third-order valence-corrected chi connectivity index (χ3v) is 3.04. The number of hydrogen-bond acceptors (Lipinski definition) is 2. The summed E-state index contributed by atoms with van der Waals surface area (Å²) in [4.78, 5) is 10.8. The molecule has 2 aromatic rings. The van der Waals surface area contributed by atoms with Crippen molar-refractivity contribution in [1.82, 2.24) is 5.32 Å². The van der Waals surface area contributed by atoms with Gasteiger partial charge in [0.25, 0.3) is 0 Å². The molecule has 0 bridgehead atoms. The van der Waals surface area contributed by atoms with E-state index >= 15 is 0 Å². The summed E-state index contributed by atoms with van der Waals surface area (Å²) in [7, 11) is 0. The summed E-state index contributed by atoms with van der Waals surface area (Å²) in [5.74, 6) is -0.525. The van der Waals surface area contributed by atoms with E-state index in [2.05, 4.69) is 5.32 Å². The lowest BCUT2D eigenvalue weighted by Gasteiger charge is -2.13. The second kappa shape index (κ2) is 6.30. The normalized spacial score (nSPS) is 11.9. The number of carbonyl (C=O) groups is 1. The minimum atomic E-state index is -0.994. The number of rotatable bonds is 4. The molecular formula is C16H16FNO2. The topological polar surface area (TPSA) is 49.3 Å². The van der Waals surface area contributed by atoms with Crippen molar-refractivity contribution in [2.24, 2.45) is 0 Å². The molecule has 1 unspecified atom stereocenters. The highest BCUT2D eigenvalue weighted by Crippen LogP contribution is 2.24. The van der Waals surface area contributed by atoms with Gasteiger partial charge in [0, 0.05) is 19.0 Å². The number of hydrogen-bond donors (Lipinski definition) is 2. The van der Waals surface area contributed by atoms with Crippen LogP contribution in [0.15, 0.2) is 48.5 Å². The standard InChI is InChI=1S/C16H16FNO2/c1-11(19)18-10-12-6-8-13(9-7-12)16(20)14-4-2-3-5-15(14)17/h2-9,16,20H,10H2,1H3,(H,18,19). The van der Waals surface area contributed by atoms with E-state index in [4.69, 9.17) is 0 Å². The molecule has 0 aromatic heterocycles. The van der Waals surface area contributed by atoms with Crippen molar-refractivity contribution in [2.75, 3.05) is 0 Å². The maximum atomic E-state index is 13.6. The molecule has 0 saturated carbocycles. The fraction of sp³-hybridized carbons (Fsp3) is 0.188. The first-order valence-electron chi connectivity index (χ1n) is 6.33. The van der Waals surface area contributed by atoms with Crippen molar-refractivity contribution >= 4 is 5.91 Å². The van der Waals surface area contributed by atoms with Gasteiger partial charge in [-0.25, -0.2) is 4.39 Å².